The number of anilines is 1. The van der Waals surface area contributed by atoms with Crippen molar-refractivity contribution >= 4 is 23.5 Å². The zero-order valence-corrected chi connectivity index (χ0v) is 13.9. The van der Waals surface area contributed by atoms with E-state index in [2.05, 4.69) is 16.7 Å². The lowest BCUT2D eigenvalue weighted by Crippen LogP contribution is -2.30. The Morgan fingerprint density at radius 1 is 1.08 bits per heavy atom. The van der Waals surface area contributed by atoms with Crippen LogP contribution in [0.1, 0.15) is 21.5 Å². The Bertz CT molecular complexity index is 866. The van der Waals surface area contributed by atoms with E-state index in [1.807, 2.05) is 0 Å². The molecule has 1 aliphatic heterocycles. The predicted octanol–water partition coefficient (Wildman–Crippen LogP) is 2.06. The summed E-state index contributed by atoms with van der Waals surface area (Å²) in [6, 6.07) is 15.5. The van der Waals surface area contributed by atoms with Crippen molar-refractivity contribution in [2.75, 3.05) is 11.9 Å². The van der Waals surface area contributed by atoms with Crippen molar-refractivity contribution in [2.45, 2.75) is 13.0 Å². The highest BCUT2D eigenvalue weighted by Crippen LogP contribution is 2.14. The Hall–Kier alpha value is -3.66. The van der Waals surface area contributed by atoms with E-state index in [0.29, 0.717) is 17.7 Å². The van der Waals surface area contributed by atoms with Gasteiger partial charge in [0.1, 0.15) is 0 Å². The molecule has 0 aliphatic carbocycles. The maximum absolute atomic E-state index is 12.3. The Labute approximate surface area is 150 Å². The third kappa shape index (κ3) is 3.87. The van der Waals surface area contributed by atoms with Crippen LogP contribution in [-0.2, 0) is 17.8 Å². The van der Waals surface area contributed by atoms with Crippen molar-refractivity contribution in [2.24, 2.45) is 0 Å². The minimum Gasteiger partial charge on any atom is -0.329 e. The molecule has 26 heavy (non-hydrogen) atoms. The monoisotopic (exact) mass is 348 g/mol. The molecule has 130 valence electrons. The molecular weight excluding hydrogens is 332 g/mol. The molecule has 0 radical (unpaired) electrons. The number of hydrogen-bond donors (Lipinski definition) is 2. The van der Waals surface area contributed by atoms with Gasteiger partial charge >= 0.3 is 6.03 Å². The smallest absolute Gasteiger partial charge is 0.324 e. The molecule has 1 fully saturated rings. The zero-order valence-electron chi connectivity index (χ0n) is 13.9. The summed E-state index contributed by atoms with van der Waals surface area (Å²) in [6.45, 7) is 0.194. The summed E-state index contributed by atoms with van der Waals surface area (Å²) in [4.78, 5) is 36.6. The molecule has 2 aromatic carbocycles. The highest BCUT2D eigenvalue weighted by atomic mass is 16.2. The fraction of sp³-hybridized carbons (Fsp3) is 0.158. The first kappa shape index (κ1) is 17.2. The highest BCUT2D eigenvalue weighted by Gasteiger charge is 2.28. The third-order valence-corrected chi connectivity index (χ3v) is 3.99. The Morgan fingerprint density at radius 2 is 1.73 bits per heavy atom. The molecule has 1 saturated heterocycles. The van der Waals surface area contributed by atoms with Crippen LogP contribution in [0.25, 0.3) is 0 Å². The number of amides is 4. The number of carbonyl (C=O) groups is 3. The molecule has 3 rings (SSSR count). The summed E-state index contributed by atoms with van der Waals surface area (Å²) in [6.07, 6.45) is 0.327. The van der Waals surface area contributed by atoms with Gasteiger partial charge in [-0.1, -0.05) is 24.3 Å². The molecular formula is C19H16N4O3. The lowest BCUT2D eigenvalue weighted by Gasteiger charge is -2.12. The topological polar surface area (TPSA) is 102 Å². The normalized spacial score (nSPS) is 13.3. The van der Waals surface area contributed by atoms with E-state index < -0.39 is 6.03 Å². The van der Waals surface area contributed by atoms with Gasteiger partial charge in [-0.3, -0.25) is 14.5 Å². The molecule has 1 heterocycles. The molecule has 0 saturated carbocycles. The summed E-state index contributed by atoms with van der Waals surface area (Å²) in [5.74, 6) is -0.531. The third-order valence-electron chi connectivity index (χ3n) is 3.99. The lowest BCUT2D eigenvalue weighted by atomic mass is 10.1. The fourth-order valence-corrected chi connectivity index (χ4v) is 2.56. The average molecular weight is 348 g/mol. The van der Waals surface area contributed by atoms with Crippen molar-refractivity contribution in [3.8, 4) is 6.07 Å². The van der Waals surface area contributed by atoms with Gasteiger partial charge in [-0.2, -0.15) is 5.26 Å². The molecule has 0 spiro atoms. The highest BCUT2D eigenvalue weighted by molar-refractivity contribution is 6.04. The van der Waals surface area contributed by atoms with Gasteiger partial charge in [0.2, 0.25) is 5.91 Å². The summed E-state index contributed by atoms with van der Waals surface area (Å²) >= 11 is 0. The van der Waals surface area contributed by atoms with Crippen molar-refractivity contribution in [3.63, 3.8) is 0 Å². The first-order valence-electron chi connectivity index (χ1n) is 8.01. The summed E-state index contributed by atoms with van der Waals surface area (Å²) in [5.41, 5.74) is 2.75. The first-order valence-corrected chi connectivity index (χ1v) is 8.01. The summed E-state index contributed by atoms with van der Waals surface area (Å²) in [5, 5.41) is 13.9. The summed E-state index contributed by atoms with van der Waals surface area (Å²) in [7, 11) is 0. The number of rotatable bonds is 5. The van der Waals surface area contributed by atoms with Crippen molar-refractivity contribution in [1.82, 2.24) is 10.2 Å². The second-order valence-corrected chi connectivity index (χ2v) is 5.82. The van der Waals surface area contributed by atoms with E-state index in [4.69, 9.17) is 5.26 Å². The van der Waals surface area contributed by atoms with Crippen LogP contribution in [0.4, 0.5) is 10.5 Å². The number of imide groups is 1. The van der Waals surface area contributed by atoms with Crippen LogP contribution < -0.4 is 10.6 Å². The van der Waals surface area contributed by atoms with E-state index in [1.54, 1.807) is 48.5 Å². The largest absolute Gasteiger partial charge is 0.329 e. The van der Waals surface area contributed by atoms with Crippen molar-refractivity contribution in [1.29, 1.82) is 5.26 Å². The molecule has 0 bridgehead atoms. The Balaban J connectivity index is 1.62. The Morgan fingerprint density at radius 3 is 2.31 bits per heavy atom. The van der Waals surface area contributed by atoms with Gasteiger partial charge in [0.05, 0.1) is 25.6 Å². The van der Waals surface area contributed by atoms with Crippen LogP contribution in [-0.4, -0.2) is 29.3 Å². The molecule has 0 aromatic heterocycles. The Kier molecular flexibility index (Phi) is 4.94. The van der Waals surface area contributed by atoms with E-state index >= 15 is 0 Å². The van der Waals surface area contributed by atoms with E-state index in [1.165, 1.54) is 0 Å². The van der Waals surface area contributed by atoms with Crippen LogP contribution in [0.3, 0.4) is 0 Å². The summed E-state index contributed by atoms with van der Waals surface area (Å²) < 4.78 is 0. The number of urea groups is 1. The van der Waals surface area contributed by atoms with Crippen molar-refractivity contribution in [3.05, 3.63) is 65.2 Å². The fourth-order valence-electron chi connectivity index (χ4n) is 2.56. The standard InChI is InChI=1S/C19H16N4O3/c20-10-9-13-3-7-16(8-4-13)22-18(25)15-5-1-14(2-6-15)12-23-17(24)11-21-19(23)26/h1-8H,9,11-12H2,(H,21,26)(H,22,25). The number of nitrogens with one attached hydrogen (secondary N) is 2. The first-order chi connectivity index (χ1) is 12.6. The number of benzene rings is 2. The van der Waals surface area contributed by atoms with Gasteiger partial charge in [-0.15, -0.1) is 0 Å². The molecule has 2 aromatic rings. The van der Waals surface area contributed by atoms with Crippen LogP contribution in [0, 0.1) is 11.3 Å². The molecule has 7 heteroatoms. The van der Waals surface area contributed by atoms with Crippen molar-refractivity contribution < 1.29 is 14.4 Å². The van der Waals surface area contributed by atoms with E-state index in [-0.39, 0.29) is 24.9 Å². The SMILES string of the molecule is N#CCc1ccc(NC(=O)c2ccc(CN3C(=O)CNC3=O)cc2)cc1. The van der Waals surface area contributed by atoms with Crippen LogP contribution in [0.15, 0.2) is 48.5 Å². The maximum Gasteiger partial charge on any atom is 0.324 e. The molecule has 1 aliphatic rings. The van der Waals surface area contributed by atoms with Gasteiger partial charge in [0.25, 0.3) is 5.91 Å². The van der Waals surface area contributed by atoms with E-state index in [9.17, 15) is 14.4 Å². The van der Waals surface area contributed by atoms with Crippen LogP contribution in [0.5, 0.6) is 0 Å². The number of hydrogen-bond acceptors (Lipinski definition) is 4. The molecule has 7 nitrogen and oxygen atoms in total. The second kappa shape index (κ2) is 7.49. The molecule has 4 amide bonds. The van der Waals surface area contributed by atoms with E-state index in [0.717, 1.165) is 16.0 Å². The van der Waals surface area contributed by atoms with Gasteiger partial charge in [0, 0.05) is 11.3 Å². The molecule has 2 N–H and O–H groups in total. The quantitative estimate of drug-likeness (QED) is 0.807. The number of carbonyl (C=O) groups excluding carboxylic acids is 3. The second-order valence-electron chi connectivity index (χ2n) is 5.82. The van der Waals surface area contributed by atoms with Crippen LogP contribution >= 0.6 is 0 Å². The predicted molar refractivity (Wildman–Crippen MR) is 94.1 cm³/mol. The van der Waals surface area contributed by atoms with Crippen LogP contribution in [0.2, 0.25) is 0 Å². The number of nitriles is 1. The number of nitrogens with zero attached hydrogens (tertiary/aromatic N) is 2. The molecule has 0 atom stereocenters. The average Bonchev–Trinajstić information content (AvgIpc) is 2.96. The lowest BCUT2D eigenvalue weighted by molar-refractivity contribution is -0.125. The maximum atomic E-state index is 12.3. The zero-order chi connectivity index (χ0) is 18.5. The minimum atomic E-state index is -0.406. The van der Waals surface area contributed by atoms with Gasteiger partial charge in [0.15, 0.2) is 0 Å². The van der Waals surface area contributed by atoms with Gasteiger partial charge in [-0.25, -0.2) is 4.79 Å². The van der Waals surface area contributed by atoms with Gasteiger partial charge in [-0.05, 0) is 35.4 Å². The minimum absolute atomic E-state index is 0.0203. The van der Waals surface area contributed by atoms with Gasteiger partial charge < -0.3 is 10.6 Å². The molecule has 0 unspecified atom stereocenters.